The zero-order chi connectivity index (χ0) is 22.7. The summed E-state index contributed by atoms with van der Waals surface area (Å²) in [5.41, 5.74) is 1.81. The van der Waals surface area contributed by atoms with Crippen LogP contribution in [-0.2, 0) is 6.54 Å². The fourth-order valence-electron chi connectivity index (χ4n) is 5.00. The van der Waals surface area contributed by atoms with E-state index in [1.165, 1.54) is 12.8 Å². The first-order valence-electron chi connectivity index (χ1n) is 11.9. The molecule has 176 valence electrons. The van der Waals surface area contributed by atoms with Gasteiger partial charge in [0, 0.05) is 55.8 Å². The molecule has 5 heterocycles. The zero-order valence-corrected chi connectivity index (χ0v) is 19.8. The standard InChI is InChI=1S/C25H28N6O2S/c1-2-6-22-21(5-1)24(29-33-22)31-12-11-30-15-18(8-9-20(30)16-31)17-32-23-7-3-4-19(28-23)14-27-25-26-10-13-34-25/h1-7,10,13,18,20H,8-9,11-12,14-17H2,(H,26,27)/t18-,20+/m1/s1. The highest BCUT2D eigenvalue weighted by molar-refractivity contribution is 7.13. The van der Waals surface area contributed by atoms with E-state index >= 15 is 0 Å². The molecule has 0 spiro atoms. The molecule has 2 aliphatic rings. The number of thiazole rings is 1. The van der Waals surface area contributed by atoms with E-state index in [1.807, 2.05) is 41.8 Å². The Labute approximate surface area is 202 Å². The molecule has 0 radical (unpaired) electrons. The Hall–Kier alpha value is -3.17. The van der Waals surface area contributed by atoms with Gasteiger partial charge in [0.05, 0.1) is 24.2 Å². The van der Waals surface area contributed by atoms with E-state index in [1.54, 1.807) is 17.5 Å². The van der Waals surface area contributed by atoms with Crippen molar-refractivity contribution in [2.24, 2.45) is 5.92 Å². The van der Waals surface area contributed by atoms with Crippen molar-refractivity contribution >= 4 is 33.3 Å². The molecular weight excluding hydrogens is 448 g/mol. The number of fused-ring (bicyclic) bond motifs is 2. The molecule has 0 amide bonds. The highest BCUT2D eigenvalue weighted by atomic mass is 32.1. The molecule has 1 aromatic carbocycles. The summed E-state index contributed by atoms with van der Waals surface area (Å²) in [6, 6.07) is 14.6. The number of pyridine rings is 1. The van der Waals surface area contributed by atoms with E-state index < -0.39 is 0 Å². The predicted octanol–water partition coefficient (Wildman–Crippen LogP) is 4.27. The van der Waals surface area contributed by atoms with Crippen LogP contribution in [0.5, 0.6) is 5.88 Å². The summed E-state index contributed by atoms with van der Waals surface area (Å²) >= 11 is 1.59. The number of benzene rings is 1. The van der Waals surface area contributed by atoms with Gasteiger partial charge in [-0.3, -0.25) is 4.90 Å². The molecule has 4 aromatic rings. The summed E-state index contributed by atoms with van der Waals surface area (Å²) in [5, 5.41) is 11.6. The summed E-state index contributed by atoms with van der Waals surface area (Å²) in [6.45, 7) is 5.43. The second-order valence-corrected chi connectivity index (χ2v) is 9.90. The molecule has 0 bridgehead atoms. The minimum Gasteiger partial charge on any atom is -0.477 e. The highest BCUT2D eigenvalue weighted by Crippen LogP contribution is 2.31. The summed E-state index contributed by atoms with van der Waals surface area (Å²) in [7, 11) is 0. The van der Waals surface area contributed by atoms with E-state index in [0.29, 0.717) is 31.0 Å². The minimum absolute atomic E-state index is 0.523. The van der Waals surface area contributed by atoms with Crippen molar-refractivity contribution in [1.29, 1.82) is 0 Å². The molecule has 34 heavy (non-hydrogen) atoms. The highest BCUT2D eigenvalue weighted by Gasteiger charge is 2.34. The maximum atomic E-state index is 6.12. The fraction of sp³-hybridized carbons (Fsp3) is 0.400. The van der Waals surface area contributed by atoms with Crippen molar-refractivity contribution in [1.82, 2.24) is 20.0 Å². The molecule has 9 heteroatoms. The average Bonchev–Trinajstić information content (AvgIpc) is 3.56. The number of para-hydroxylation sites is 1. The summed E-state index contributed by atoms with van der Waals surface area (Å²) in [5.74, 6) is 2.20. The molecule has 1 N–H and O–H groups in total. The molecule has 3 aromatic heterocycles. The monoisotopic (exact) mass is 476 g/mol. The number of nitrogens with zero attached hydrogens (tertiary/aromatic N) is 5. The number of piperazine rings is 1. The van der Waals surface area contributed by atoms with E-state index in [4.69, 9.17) is 9.26 Å². The molecule has 6 rings (SSSR count). The van der Waals surface area contributed by atoms with E-state index in [0.717, 1.165) is 53.8 Å². The minimum atomic E-state index is 0.523. The third kappa shape index (κ3) is 4.58. The van der Waals surface area contributed by atoms with Gasteiger partial charge in [0.1, 0.15) is 0 Å². The maximum Gasteiger partial charge on any atom is 0.213 e. The molecular formula is C25H28N6O2S. The zero-order valence-electron chi connectivity index (χ0n) is 19.0. The van der Waals surface area contributed by atoms with Crippen LogP contribution >= 0.6 is 11.3 Å². The van der Waals surface area contributed by atoms with Crippen molar-refractivity contribution in [3.8, 4) is 5.88 Å². The van der Waals surface area contributed by atoms with Gasteiger partial charge in [-0.2, -0.15) is 0 Å². The normalized spacial score (nSPS) is 20.9. The Morgan fingerprint density at radius 3 is 3.00 bits per heavy atom. The maximum absolute atomic E-state index is 6.12. The first-order chi connectivity index (χ1) is 16.8. The number of anilines is 2. The number of hydrogen-bond acceptors (Lipinski definition) is 9. The third-order valence-electron chi connectivity index (χ3n) is 6.76. The molecule has 2 saturated heterocycles. The van der Waals surface area contributed by atoms with Crippen molar-refractivity contribution in [2.75, 3.05) is 43.0 Å². The van der Waals surface area contributed by atoms with Crippen LogP contribution in [0.15, 0.2) is 58.6 Å². The summed E-state index contributed by atoms with van der Waals surface area (Å²) in [6.07, 6.45) is 4.14. The number of nitrogens with one attached hydrogen (secondary N) is 1. The Morgan fingerprint density at radius 1 is 1.09 bits per heavy atom. The summed E-state index contributed by atoms with van der Waals surface area (Å²) in [4.78, 5) is 13.9. The molecule has 0 saturated carbocycles. The van der Waals surface area contributed by atoms with Crippen molar-refractivity contribution in [2.45, 2.75) is 25.4 Å². The average molecular weight is 477 g/mol. The van der Waals surface area contributed by atoms with Gasteiger partial charge in [0.15, 0.2) is 16.5 Å². The van der Waals surface area contributed by atoms with E-state index in [2.05, 4.69) is 36.3 Å². The van der Waals surface area contributed by atoms with Gasteiger partial charge in [-0.15, -0.1) is 11.3 Å². The topological polar surface area (TPSA) is 79.5 Å². The Bertz CT molecular complexity index is 1230. The number of hydrogen-bond donors (Lipinski definition) is 1. The van der Waals surface area contributed by atoms with Crippen molar-refractivity contribution in [3.63, 3.8) is 0 Å². The smallest absolute Gasteiger partial charge is 0.213 e. The van der Waals surface area contributed by atoms with Crippen LogP contribution < -0.4 is 15.0 Å². The van der Waals surface area contributed by atoms with Crippen molar-refractivity contribution < 1.29 is 9.26 Å². The van der Waals surface area contributed by atoms with Gasteiger partial charge in [-0.1, -0.05) is 23.4 Å². The van der Waals surface area contributed by atoms with E-state index in [-0.39, 0.29) is 0 Å². The SMILES string of the molecule is c1cc(CNc2nccs2)nc(OC[C@@H]2CC[C@H]3CN(c4noc5ccccc45)CCN3C2)c1. The van der Waals surface area contributed by atoms with Gasteiger partial charge in [-0.05, 0) is 31.0 Å². The van der Waals surface area contributed by atoms with Gasteiger partial charge >= 0.3 is 0 Å². The van der Waals surface area contributed by atoms with Gasteiger partial charge in [-0.25, -0.2) is 9.97 Å². The van der Waals surface area contributed by atoms with Gasteiger partial charge < -0.3 is 19.5 Å². The number of ether oxygens (including phenoxy) is 1. The molecule has 0 unspecified atom stereocenters. The quantitative estimate of drug-likeness (QED) is 0.424. The van der Waals surface area contributed by atoms with Crippen LogP contribution in [0.1, 0.15) is 18.5 Å². The largest absolute Gasteiger partial charge is 0.477 e. The summed E-state index contributed by atoms with van der Waals surface area (Å²) < 4.78 is 11.7. The lowest BCUT2D eigenvalue weighted by Crippen LogP contribution is -2.57. The van der Waals surface area contributed by atoms with Crippen LogP contribution in [0, 0.1) is 5.92 Å². The second kappa shape index (κ2) is 9.60. The second-order valence-electron chi connectivity index (χ2n) is 9.01. The van der Waals surface area contributed by atoms with E-state index in [9.17, 15) is 0 Å². The molecule has 2 atom stereocenters. The number of piperidine rings is 1. The van der Waals surface area contributed by atoms with Gasteiger partial charge in [0.25, 0.3) is 0 Å². The molecule has 2 fully saturated rings. The number of rotatable bonds is 7. The first kappa shape index (κ1) is 21.4. The fourth-order valence-corrected chi connectivity index (χ4v) is 5.53. The van der Waals surface area contributed by atoms with Crippen LogP contribution in [0.2, 0.25) is 0 Å². The lowest BCUT2D eigenvalue weighted by molar-refractivity contribution is 0.0716. The molecule has 0 aliphatic carbocycles. The van der Waals surface area contributed by atoms with Crippen LogP contribution in [-0.4, -0.2) is 58.9 Å². The van der Waals surface area contributed by atoms with Crippen molar-refractivity contribution in [3.05, 3.63) is 59.7 Å². The lowest BCUT2D eigenvalue weighted by atomic mass is 9.91. The predicted molar refractivity (Wildman–Crippen MR) is 133 cm³/mol. The van der Waals surface area contributed by atoms with Crippen LogP contribution in [0.4, 0.5) is 10.9 Å². The number of aromatic nitrogens is 3. The Balaban J connectivity index is 1.01. The molecule has 8 nitrogen and oxygen atoms in total. The van der Waals surface area contributed by atoms with Crippen LogP contribution in [0.25, 0.3) is 11.0 Å². The Kier molecular flexibility index (Phi) is 6.03. The molecule has 2 aliphatic heterocycles. The van der Waals surface area contributed by atoms with Gasteiger partial charge in [0.2, 0.25) is 5.88 Å². The third-order valence-corrected chi connectivity index (χ3v) is 7.50. The lowest BCUT2D eigenvalue weighted by Gasteiger charge is -2.46. The first-order valence-corrected chi connectivity index (χ1v) is 12.8. The van der Waals surface area contributed by atoms with Crippen LogP contribution in [0.3, 0.4) is 0 Å². The Morgan fingerprint density at radius 2 is 2.06 bits per heavy atom.